The molecule has 0 aromatic rings. The molecule has 2 fully saturated rings. The Morgan fingerprint density at radius 2 is 1.81 bits per heavy atom. The molecule has 120 valence electrons. The Kier molecular flexibility index (Phi) is 6.03. The van der Waals surface area contributed by atoms with E-state index in [9.17, 15) is 9.59 Å². The molecule has 0 aromatic carbocycles. The summed E-state index contributed by atoms with van der Waals surface area (Å²) in [6.45, 7) is 3.51. The largest absolute Gasteiger partial charge is 0.353 e. The van der Waals surface area contributed by atoms with Crippen molar-refractivity contribution < 1.29 is 9.59 Å². The number of carbonyl (C=O) groups is 2. The zero-order valence-electron chi connectivity index (χ0n) is 13.1. The summed E-state index contributed by atoms with van der Waals surface area (Å²) in [5.74, 6) is 0.391. The number of piperidine rings is 1. The third-order valence-corrected chi connectivity index (χ3v) is 4.79. The summed E-state index contributed by atoms with van der Waals surface area (Å²) < 4.78 is 0. The lowest BCUT2D eigenvalue weighted by Crippen LogP contribution is -2.51. The number of likely N-dealkylation sites (tertiary alicyclic amines) is 1. The van der Waals surface area contributed by atoms with Gasteiger partial charge in [-0.15, -0.1) is 0 Å². The second-order valence-corrected chi connectivity index (χ2v) is 6.47. The van der Waals surface area contributed by atoms with Gasteiger partial charge in [0.2, 0.25) is 11.8 Å². The van der Waals surface area contributed by atoms with Crippen LogP contribution in [0.5, 0.6) is 0 Å². The number of nitrogens with two attached hydrogens (primary N) is 1. The van der Waals surface area contributed by atoms with E-state index in [1.165, 1.54) is 0 Å². The van der Waals surface area contributed by atoms with Crippen molar-refractivity contribution >= 4 is 11.8 Å². The van der Waals surface area contributed by atoms with Gasteiger partial charge in [-0.05, 0) is 32.1 Å². The molecular formula is C16H29N3O2. The number of rotatable bonds is 4. The van der Waals surface area contributed by atoms with Crippen molar-refractivity contribution in [2.45, 2.75) is 70.4 Å². The lowest BCUT2D eigenvalue weighted by atomic mass is 9.83. The molecule has 2 rings (SSSR count). The Morgan fingerprint density at radius 1 is 1.14 bits per heavy atom. The summed E-state index contributed by atoms with van der Waals surface area (Å²) in [6, 6.07) is 0.265. The SMILES string of the molecule is CCCC(=O)NC1CCN(C(=O)C2CCCCC2N)CC1. The lowest BCUT2D eigenvalue weighted by Gasteiger charge is -2.37. The average molecular weight is 295 g/mol. The molecule has 1 aliphatic carbocycles. The molecule has 5 nitrogen and oxygen atoms in total. The predicted molar refractivity (Wildman–Crippen MR) is 82.6 cm³/mol. The summed E-state index contributed by atoms with van der Waals surface area (Å²) >= 11 is 0. The Bertz CT molecular complexity index is 365. The van der Waals surface area contributed by atoms with E-state index in [1.807, 2.05) is 11.8 Å². The molecule has 0 radical (unpaired) electrons. The number of hydrogen-bond acceptors (Lipinski definition) is 3. The summed E-state index contributed by atoms with van der Waals surface area (Å²) in [4.78, 5) is 26.1. The number of amides is 2. The second kappa shape index (κ2) is 7.78. The molecular weight excluding hydrogens is 266 g/mol. The van der Waals surface area contributed by atoms with Crippen LogP contribution < -0.4 is 11.1 Å². The molecule has 0 spiro atoms. The molecule has 0 bridgehead atoms. The summed E-state index contributed by atoms with van der Waals surface area (Å²) in [6.07, 6.45) is 7.38. The number of nitrogens with zero attached hydrogens (tertiary/aromatic N) is 1. The molecule has 2 atom stereocenters. The van der Waals surface area contributed by atoms with E-state index in [2.05, 4.69) is 5.32 Å². The maximum atomic E-state index is 12.6. The van der Waals surface area contributed by atoms with E-state index >= 15 is 0 Å². The minimum Gasteiger partial charge on any atom is -0.353 e. The molecule has 0 aromatic heterocycles. The van der Waals surface area contributed by atoms with Crippen molar-refractivity contribution in [3.63, 3.8) is 0 Å². The van der Waals surface area contributed by atoms with E-state index in [-0.39, 0.29) is 29.8 Å². The molecule has 2 amide bonds. The minimum absolute atomic E-state index is 0.0185. The fourth-order valence-corrected chi connectivity index (χ4v) is 3.47. The first kappa shape index (κ1) is 16.3. The van der Waals surface area contributed by atoms with Crippen molar-refractivity contribution in [3.8, 4) is 0 Å². The molecule has 21 heavy (non-hydrogen) atoms. The number of hydrogen-bond donors (Lipinski definition) is 2. The smallest absolute Gasteiger partial charge is 0.227 e. The Morgan fingerprint density at radius 3 is 2.43 bits per heavy atom. The van der Waals surface area contributed by atoms with Crippen molar-refractivity contribution in [2.75, 3.05) is 13.1 Å². The average Bonchev–Trinajstić information content (AvgIpc) is 2.48. The van der Waals surface area contributed by atoms with Gasteiger partial charge in [0.25, 0.3) is 0 Å². The quantitative estimate of drug-likeness (QED) is 0.823. The zero-order chi connectivity index (χ0) is 15.2. The monoisotopic (exact) mass is 295 g/mol. The highest BCUT2D eigenvalue weighted by Crippen LogP contribution is 2.26. The van der Waals surface area contributed by atoms with Gasteiger partial charge in [-0.25, -0.2) is 0 Å². The van der Waals surface area contributed by atoms with Crippen LogP contribution >= 0.6 is 0 Å². The van der Waals surface area contributed by atoms with Gasteiger partial charge in [-0.3, -0.25) is 9.59 Å². The van der Waals surface area contributed by atoms with Crippen LogP contribution in [0.1, 0.15) is 58.3 Å². The highest BCUT2D eigenvalue weighted by molar-refractivity contribution is 5.80. The maximum absolute atomic E-state index is 12.6. The third kappa shape index (κ3) is 4.43. The van der Waals surface area contributed by atoms with Crippen LogP contribution in [0, 0.1) is 5.92 Å². The fraction of sp³-hybridized carbons (Fsp3) is 0.875. The molecule has 5 heteroatoms. The first-order chi connectivity index (χ1) is 10.1. The molecule has 1 aliphatic heterocycles. The molecule has 2 aliphatic rings. The van der Waals surface area contributed by atoms with Crippen LogP contribution in [0.4, 0.5) is 0 Å². The molecule has 1 saturated carbocycles. The van der Waals surface area contributed by atoms with Crippen LogP contribution in [-0.4, -0.2) is 41.9 Å². The first-order valence-electron chi connectivity index (χ1n) is 8.45. The minimum atomic E-state index is 0.0185. The van der Waals surface area contributed by atoms with Gasteiger partial charge in [0.15, 0.2) is 0 Å². The summed E-state index contributed by atoms with van der Waals surface area (Å²) in [5.41, 5.74) is 6.11. The Hall–Kier alpha value is -1.10. The maximum Gasteiger partial charge on any atom is 0.227 e. The number of nitrogens with one attached hydrogen (secondary N) is 1. The van der Waals surface area contributed by atoms with Crippen LogP contribution in [0.2, 0.25) is 0 Å². The van der Waals surface area contributed by atoms with Crippen LogP contribution in [-0.2, 0) is 9.59 Å². The standard InChI is InChI=1S/C16H29N3O2/c1-2-5-15(20)18-12-8-10-19(11-9-12)16(21)13-6-3-4-7-14(13)17/h12-14H,2-11,17H2,1H3,(H,18,20). The van der Waals surface area contributed by atoms with Crippen LogP contribution in [0.25, 0.3) is 0 Å². The van der Waals surface area contributed by atoms with Gasteiger partial charge in [0.05, 0.1) is 5.92 Å². The van der Waals surface area contributed by atoms with Gasteiger partial charge in [0, 0.05) is 31.6 Å². The number of carbonyl (C=O) groups excluding carboxylic acids is 2. The molecule has 3 N–H and O–H groups in total. The Labute approximate surface area is 127 Å². The topological polar surface area (TPSA) is 75.4 Å². The highest BCUT2D eigenvalue weighted by Gasteiger charge is 2.33. The van der Waals surface area contributed by atoms with E-state index < -0.39 is 0 Å². The highest BCUT2D eigenvalue weighted by atomic mass is 16.2. The summed E-state index contributed by atoms with van der Waals surface area (Å²) in [5, 5.41) is 3.07. The van der Waals surface area contributed by atoms with Crippen molar-refractivity contribution in [2.24, 2.45) is 11.7 Å². The van der Waals surface area contributed by atoms with E-state index in [0.717, 1.165) is 58.0 Å². The van der Waals surface area contributed by atoms with Crippen LogP contribution in [0.15, 0.2) is 0 Å². The second-order valence-electron chi connectivity index (χ2n) is 6.47. The van der Waals surface area contributed by atoms with E-state index in [4.69, 9.17) is 5.73 Å². The van der Waals surface area contributed by atoms with Gasteiger partial charge in [-0.1, -0.05) is 19.8 Å². The van der Waals surface area contributed by atoms with Gasteiger partial charge >= 0.3 is 0 Å². The first-order valence-corrected chi connectivity index (χ1v) is 8.45. The van der Waals surface area contributed by atoms with Crippen molar-refractivity contribution in [3.05, 3.63) is 0 Å². The van der Waals surface area contributed by atoms with E-state index in [0.29, 0.717) is 6.42 Å². The van der Waals surface area contributed by atoms with Crippen molar-refractivity contribution in [1.29, 1.82) is 0 Å². The summed E-state index contributed by atoms with van der Waals surface area (Å²) in [7, 11) is 0. The van der Waals surface area contributed by atoms with Gasteiger partial charge in [0.1, 0.15) is 0 Å². The van der Waals surface area contributed by atoms with Crippen LogP contribution in [0.3, 0.4) is 0 Å². The van der Waals surface area contributed by atoms with Gasteiger partial charge in [-0.2, -0.15) is 0 Å². The fourth-order valence-electron chi connectivity index (χ4n) is 3.47. The zero-order valence-corrected chi connectivity index (χ0v) is 13.1. The van der Waals surface area contributed by atoms with Gasteiger partial charge < -0.3 is 16.0 Å². The molecule has 2 unspecified atom stereocenters. The Balaban J connectivity index is 1.77. The van der Waals surface area contributed by atoms with E-state index in [1.54, 1.807) is 0 Å². The lowest BCUT2D eigenvalue weighted by molar-refractivity contribution is -0.138. The molecule has 1 heterocycles. The molecule has 1 saturated heterocycles. The third-order valence-electron chi connectivity index (χ3n) is 4.79. The predicted octanol–water partition coefficient (Wildman–Crippen LogP) is 1.41. The normalized spacial score (nSPS) is 27.4. The van der Waals surface area contributed by atoms with Crippen molar-refractivity contribution in [1.82, 2.24) is 10.2 Å².